The van der Waals surface area contributed by atoms with Crippen LogP contribution in [0.25, 0.3) is 0 Å². The van der Waals surface area contributed by atoms with E-state index in [-0.39, 0.29) is 24.7 Å². The molecule has 0 amide bonds. The largest absolute Gasteiger partial charge is 0.455 e. The van der Waals surface area contributed by atoms with Crippen LogP contribution in [0.3, 0.4) is 0 Å². The molecular formula is C54H86O27S. The molecular weight excluding hydrogens is 1110 g/mol. The molecule has 0 radical (unpaired) electrons. The highest BCUT2D eigenvalue weighted by atomic mass is 32.3. The lowest BCUT2D eigenvalue weighted by Gasteiger charge is -2.64. The van der Waals surface area contributed by atoms with Crippen LogP contribution in [0.2, 0.25) is 0 Å². The van der Waals surface area contributed by atoms with E-state index >= 15 is 0 Å². The number of methoxy groups -OCH3 is 1. The topological polar surface area (TPSA) is 416 Å². The summed E-state index contributed by atoms with van der Waals surface area (Å²) in [6.45, 7) is 12.2. The first-order valence-corrected chi connectivity index (χ1v) is 29.6. The van der Waals surface area contributed by atoms with Gasteiger partial charge in [0.25, 0.3) is 0 Å². The predicted octanol–water partition coefficient (Wildman–Crippen LogP) is -2.50. The molecule has 5 saturated heterocycles. The summed E-state index contributed by atoms with van der Waals surface area (Å²) >= 11 is 0. The van der Waals surface area contributed by atoms with Crippen molar-refractivity contribution >= 4 is 16.4 Å². The third-order valence-electron chi connectivity index (χ3n) is 20.4. The van der Waals surface area contributed by atoms with E-state index in [1.165, 1.54) is 14.0 Å². The molecule has 28 atom stereocenters. The molecule has 8 fully saturated rings. The molecule has 82 heavy (non-hydrogen) atoms. The second kappa shape index (κ2) is 22.8. The van der Waals surface area contributed by atoms with Gasteiger partial charge in [0, 0.05) is 13.5 Å². The van der Waals surface area contributed by atoms with E-state index in [4.69, 9.17) is 51.6 Å². The van der Waals surface area contributed by atoms with Crippen molar-refractivity contribution in [1.29, 1.82) is 0 Å². The van der Waals surface area contributed by atoms with Crippen LogP contribution in [0.4, 0.5) is 0 Å². The summed E-state index contributed by atoms with van der Waals surface area (Å²) in [6, 6.07) is 0. The van der Waals surface area contributed by atoms with E-state index in [2.05, 4.69) is 6.92 Å². The van der Waals surface area contributed by atoms with Gasteiger partial charge in [-0.25, -0.2) is 4.18 Å². The second-order valence-electron chi connectivity index (χ2n) is 26.0. The molecule has 4 aliphatic carbocycles. The Morgan fingerprint density at radius 1 is 0.720 bits per heavy atom. The quantitative estimate of drug-likeness (QED) is 0.0329. The Hall–Kier alpha value is -2.02. The number of hydrogen-bond donors (Lipinski definition) is 13. The fourth-order valence-corrected chi connectivity index (χ4v) is 16.6. The van der Waals surface area contributed by atoms with E-state index < -0.39 is 204 Å². The fraction of sp³-hybridized carbons (Fsp3) is 0.907. The number of aliphatic hydroxyl groups is 12. The first kappa shape index (κ1) is 64.5. The van der Waals surface area contributed by atoms with Crippen LogP contribution in [0.5, 0.6) is 0 Å². The summed E-state index contributed by atoms with van der Waals surface area (Å²) in [7, 11) is -4.02. The van der Waals surface area contributed by atoms with Crippen LogP contribution in [0.15, 0.2) is 23.8 Å². The van der Waals surface area contributed by atoms with Gasteiger partial charge in [0.05, 0.1) is 43.7 Å². The van der Waals surface area contributed by atoms with E-state index in [1.807, 2.05) is 20.8 Å². The molecule has 9 aliphatic rings. The first-order chi connectivity index (χ1) is 38.1. The highest BCUT2D eigenvalue weighted by Crippen LogP contribution is 2.77. The van der Waals surface area contributed by atoms with Crippen molar-refractivity contribution < 1.29 is 131 Å². The highest BCUT2D eigenvalue weighted by molar-refractivity contribution is 7.80. The number of carbonyl (C=O) groups is 1. The van der Waals surface area contributed by atoms with Crippen molar-refractivity contribution in [3.05, 3.63) is 23.8 Å². The van der Waals surface area contributed by atoms with E-state index in [0.717, 1.165) is 5.57 Å². The first-order valence-electron chi connectivity index (χ1n) is 28.2. The minimum Gasteiger partial charge on any atom is -0.455 e. The number of fused-ring (bicyclic) bond motifs is 4. The van der Waals surface area contributed by atoms with Gasteiger partial charge in [-0.1, -0.05) is 51.5 Å². The van der Waals surface area contributed by atoms with Gasteiger partial charge in [-0.3, -0.25) is 9.35 Å². The Bertz CT molecular complexity index is 2480. The minimum atomic E-state index is -5.20. The zero-order valence-electron chi connectivity index (χ0n) is 47.5. The number of esters is 1. The summed E-state index contributed by atoms with van der Waals surface area (Å²) in [5, 5.41) is 135. The number of rotatable bonds is 16. The van der Waals surface area contributed by atoms with Gasteiger partial charge in [0.15, 0.2) is 25.2 Å². The average molecular weight is 1200 g/mol. The molecule has 0 aromatic carbocycles. The molecule has 9 rings (SSSR count). The number of cyclic esters (lactones) is 1. The van der Waals surface area contributed by atoms with E-state index in [9.17, 15) is 79.0 Å². The Kier molecular flexibility index (Phi) is 18.0. The van der Waals surface area contributed by atoms with Crippen LogP contribution in [-0.4, -0.2) is 253 Å². The third-order valence-corrected chi connectivity index (χ3v) is 20.9. The zero-order chi connectivity index (χ0) is 60.4. The van der Waals surface area contributed by atoms with Gasteiger partial charge >= 0.3 is 16.4 Å². The zero-order valence-corrected chi connectivity index (χ0v) is 48.3. The number of hydrogen-bond acceptors (Lipinski definition) is 26. The van der Waals surface area contributed by atoms with Crippen molar-refractivity contribution in [3.63, 3.8) is 0 Å². The maximum Gasteiger partial charge on any atom is 0.397 e. The van der Waals surface area contributed by atoms with Gasteiger partial charge in [-0.2, -0.15) is 8.42 Å². The number of allylic oxidation sites excluding steroid dienone is 1. The van der Waals surface area contributed by atoms with Gasteiger partial charge in [0.2, 0.25) is 0 Å². The van der Waals surface area contributed by atoms with Crippen LogP contribution < -0.4 is 0 Å². The maximum absolute atomic E-state index is 14.5. The third kappa shape index (κ3) is 10.5. The van der Waals surface area contributed by atoms with Crippen molar-refractivity contribution in [2.24, 2.45) is 33.5 Å². The lowest BCUT2D eigenvalue weighted by molar-refractivity contribution is -0.389. The molecule has 1 unspecified atom stereocenters. The maximum atomic E-state index is 14.5. The SMILES string of the molecule is CO[C@@H]1[C@@H](O)[C@H](O[C@@H]2[C@@H](O)[C@H](O[C@H]3[C@H](O)[C@@H](O)[C@H](O[C@H]4[C@H](O[C@H]5CC[C@]6(C)C7=C[C@H](O)[C@]89C(=O)O[C@@](C)(C/C=C/C(C)(C)O)[C@@]8(O)CC[C@@]9(C)[C@@H]7CCC6C5(C)C)OC[C@@H](OS(=O)(=O)O)[C@@H]4O)O[C@@H]3C)O[C@H](CO)[C@H]2O)O[C@H](CO)[C@H]1O. The lowest BCUT2D eigenvalue weighted by Crippen LogP contribution is -2.68. The van der Waals surface area contributed by atoms with Gasteiger partial charge in [-0.15, -0.1) is 0 Å². The summed E-state index contributed by atoms with van der Waals surface area (Å²) in [5.74, 6) is -1.05. The molecule has 0 aromatic rings. The standard InChI is InChI=1S/C54H86O27S/c1-23-39(77-45-38(64)41(33(59)27(21-56)75-45)78-44-37(63)40(71-9)32(58)26(20-55)74-44)35(61)36(62)43(73-23)79-42-34(60)28(81-82(68,69)70)22-72-46(42)76-31-13-16-50(6)25-19-30(57)54-47(65)80-52(8,15-10-14-48(2,3)66)53(54,67)18-17-51(54,7)24(25)11-12-29(50)49(31,4)5/h10,14,19,23-24,26-46,55-64,66-67H,11-13,15-18,20-22H2,1-9H3,(H,68,69,70)/b14-10+/t23-,24-,26-,27-,28-,29?,30+,31+,32-,33-,34+,35-,36-,37-,38-,39-,40+,41+,42-,43+,44+,45+,46+,50-,51+,52+,53+,54-/m1/s1. The van der Waals surface area contributed by atoms with Crippen LogP contribution in [0.1, 0.15) is 100 Å². The molecule has 28 heteroatoms. The molecule has 470 valence electrons. The smallest absolute Gasteiger partial charge is 0.397 e. The number of ether oxygens (including phenoxy) is 10. The summed E-state index contributed by atoms with van der Waals surface area (Å²) in [5.41, 5.74) is -7.26. The number of carbonyl (C=O) groups excluding carboxylic acids is 1. The summed E-state index contributed by atoms with van der Waals surface area (Å²) < 4.78 is 97.7. The summed E-state index contributed by atoms with van der Waals surface area (Å²) in [6.07, 6.45) is -26.7. The second-order valence-corrected chi connectivity index (χ2v) is 27.0. The molecule has 5 aliphatic heterocycles. The predicted molar refractivity (Wildman–Crippen MR) is 275 cm³/mol. The molecule has 27 nitrogen and oxygen atoms in total. The van der Waals surface area contributed by atoms with E-state index in [1.54, 1.807) is 39.0 Å². The fourth-order valence-electron chi connectivity index (χ4n) is 16.1. The Labute approximate surface area is 475 Å². The molecule has 0 aromatic heterocycles. The molecule has 5 heterocycles. The van der Waals surface area contributed by atoms with Crippen molar-refractivity contribution in [1.82, 2.24) is 0 Å². The van der Waals surface area contributed by atoms with Crippen LogP contribution >= 0.6 is 0 Å². The molecule has 13 N–H and O–H groups in total. The van der Waals surface area contributed by atoms with Crippen molar-refractivity contribution in [2.45, 2.75) is 246 Å². The molecule has 0 bridgehead atoms. The van der Waals surface area contributed by atoms with Crippen LogP contribution in [0, 0.1) is 33.5 Å². The summed E-state index contributed by atoms with van der Waals surface area (Å²) in [4.78, 5) is 14.5. The Balaban J connectivity index is 0.914. The normalized spacial score (nSPS) is 51.4. The highest BCUT2D eigenvalue weighted by Gasteiger charge is 2.85. The van der Waals surface area contributed by atoms with E-state index in [0.29, 0.717) is 32.1 Å². The Morgan fingerprint density at radius 2 is 1.30 bits per heavy atom. The average Bonchev–Trinajstić information content (AvgIpc) is 1.87. The molecule has 1 spiro atoms. The van der Waals surface area contributed by atoms with Gasteiger partial charge in [0.1, 0.15) is 102 Å². The number of aliphatic hydroxyl groups excluding tert-OH is 10. The van der Waals surface area contributed by atoms with Gasteiger partial charge < -0.3 is 109 Å². The van der Waals surface area contributed by atoms with Crippen molar-refractivity contribution in [2.75, 3.05) is 26.9 Å². The minimum absolute atomic E-state index is 0.109. The monoisotopic (exact) mass is 1200 g/mol. The van der Waals surface area contributed by atoms with Crippen molar-refractivity contribution in [3.8, 4) is 0 Å². The lowest BCUT2D eigenvalue weighted by atomic mass is 9.40. The van der Waals surface area contributed by atoms with Crippen LogP contribution in [-0.2, 0) is 66.7 Å². The molecule has 3 saturated carbocycles. The van der Waals surface area contributed by atoms with Gasteiger partial charge in [-0.05, 0) is 94.3 Å². The Morgan fingerprint density at radius 3 is 1.90 bits per heavy atom.